The Balaban J connectivity index is 1.31. The lowest BCUT2D eigenvalue weighted by Crippen LogP contribution is -2.02. The van der Waals surface area contributed by atoms with Gasteiger partial charge in [0.15, 0.2) is 0 Å². The van der Waals surface area contributed by atoms with Crippen molar-refractivity contribution in [1.82, 2.24) is 0 Å². The Bertz CT molecular complexity index is 1370. The van der Waals surface area contributed by atoms with E-state index in [0.717, 1.165) is 29.4 Å². The number of ether oxygens (including phenoxy) is 2. The minimum atomic E-state index is -2.86. The van der Waals surface area contributed by atoms with Gasteiger partial charge in [0.05, 0.1) is 6.61 Å². The van der Waals surface area contributed by atoms with Gasteiger partial charge in [0.1, 0.15) is 23.1 Å². The molecule has 0 aliphatic carbocycles. The first-order valence-corrected chi connectivity index (χ1v) is 14.1. The average Bonchev–Trinajstić information content (AvgIpc) is 2.94. The largest absolute Gasteiger partial charge is 0.493 e. The molecule has 0 bridgehead atoms. The SMILES string of the molecule is CCCCCCCOc1ccc(CCc2ccc3c(F)c(CCc4ccc(OC(F)F)cc4)ccc3c2)c(F)c1. The van der Waals surface area contributed by atoms with Gasteiger partial charge in [-0.3, -0.25) is 0 Å². The Hall–Kier alpha value is -3.54. The van der Waals surface area contributed by atoms with Crippen LogP contribution in [0.4, 0.5) is 17.6 Å². The number of alkyl halides is 2. The van der Waals surface area contributed by atoms with Crippen molar-refractivity contribution in [2.45, 2.75) is 71.3 Å². The van der Waals surface area contributed by atoms with Gasteiger partial charge in [-0.05, 0) is 77.9 Å². The second-order valence-corrected chi connectivity index (χ2v) is 10.1. The fraction of sp³-hybridized carbons (Fsp3) is 0.353. The summed E-state index contributed by atoms with van der Waals surface area (Å²) in [6, 6.07) is 20.8. The number of fused-ring (bicyclic) bond motifs is 1. The van der Waals surface area contributed by atoms with Crippen molar-refractivity contribution in [2.75, 3.05) is 6.61 Å². The molecule has 2 nitrogen and oxygen atoms in total. The molecule has 0 atom stereocenters. The number of aryl methyl sites for hydroxylation is 4. The zero-order chi connectivity index (χ0) is 28.3. The predicted molar refractivity (Wildman–Crippen MR) is 152 cm³/mol. The molecule has 0 aliphatic heterocycles. The normalized spacial score (nSPS) is 11.3. The molecule has 0 aromatic heterocycles. The second kappa shape index (κ2) is 14.7. The molecule has 0 amide bonds. The van der Waals surface area contributed by atoms with Gasteiger partial charge in [-0.25, -0.2) is 8.78 Å². The smallest absolute Gasteiger partial charge is 0.387 e. The molecule has 0 radical (unpaired) electrons. The highest BCUT2D eigenvalue weighted by atomic mass is 19.3. The third-order valence-electron chi connectivity index (χ3n) is 7.15. The van der Waals surface area contributed by atoms with Crippen molar-refractivity contribution in [1.29, 1.82) is 0 Å². The van der Waals surface area contributed by atoms with E-state index < -0.39 is 6.61 Å². The first-order valence-electron chi connectivity index (χ1n) is 14.1. The van der Waals surface area contributed by atoms with Gasteiger partial charge in [0.25, 0.3) is 0 Å². The summed E-state index contributed by atoms with van der Waals surface area (Å²) in [7, 11) is 0. The van der Waals surface area contributed by atoms with Gasteiger partial charge in [-0.1, -0.05) is 81.1 Å². The highest BCUT2D eigenvalue weighted by Crippen LogP contribution is 2.25. The topological polar surface area (TPSA) is 18.5 Å². The molecule has 0 unspecified atom stereocenters. The summed E-state index contributed by atoms with van der Waals surface area (Å²) in [6.07, 6.45) is 7.98. The van der Waals surface area contributed by atoms with E-state index in [-0.39, 0.29) is 17.4 Å². The molecule has 0 N–H and O–H groups in total. The number of rotatable bonds is 15. The Kier molecular flexibility index (Phi) is 10.8. The molecule has 4 aromatic carbocycles. The standard InChI is InChI=1S/C34H36F4O2/c1-2-3-4-5-6-21-39-30-19-16-26(32(35)23-30)12-8-25-11-20-31-28(22-25)15-14-27(33(31)36)13-7-24-9-17-29(18-10-24)40-34(37)38/h9-11,14-20,22-23,34H,2-8,12-13,21H2,1H3. The summed E-state index contributed by atoms with van der Waals surface area (Å²) >= 11 is 0. The molecule has 0 heterocycles. The lowest BCUT2D eigenvalue weighted by atomic mass is 9.97. The monoisotopic (exact) mass is 552 g/mol. The van der Waals surface area contributed by atoms with Crippen molar-refractivity contribution in [3.05, 3.63) is 107 Å². The fourth-order valence-electron chi connectivity index (χ4n) is 4.85. The maximum Gasteiger partial charge on any atom is 0.387 e. The van der Waals surface area contributed by atoms with Crippen LogP contribution >= 0.6 is 0 Å². The molecule has 4 rings (SSSR count). The molecule has 0 fully saturated rings. The molecule has 40 heavy (non-hydrogen) atoms. The maximum atomic E-state index is 15.3. The Morgan fingerprint density at radius 2 is 1.32 bits per heavy atom. The quantitative estimate of drug-likeness (QED) is 0.108. The molecule has 0 spiro atoms. The molecule has 6 heteroatoms. The summed E-state index contributed by atoms with van der Waals surface area (Å²) in [5.41, 5.74) is 3.15. The van der Waals surface area contributed by atoms with Gasteiger partial charge >= 0.3 is 6.61 Å². The minimum absolute atomic E-state index is 0.101. The maximum absolute atomic E-state index is 15.3. The first-order chi connectivity index (χ1) is 19.4. The van der Waals surface area contributed by atoms with E-state index in [1.54, 1.807) is 30.3 Å². The third kappa shape index (κ3) is 8.48. The van der Waals surface area contributed by atoms with Crippen LogP contribution in [0.2, 0.25) is 0 Å². The average molecular weight is 553 g/mol. The molecule has 0 aliphatic rings. The minimum Gasteiger partial charge on any atom is -0.493 e. The molecule has 0 saturated carbocycles. The molecule has 212 valence electrons. The zero-order valence-corrected chi connectivity index (χ0v) is 22.9. The molecule has 4 aromatic rings. The predicted octanol–water partition coefficient (Wildman–Crippen LogP) is 9.64. The number of benzene rings is 4. The van der Waals surface area contributed by atoms with E-state index in [4.69, 9.17) is 4.74 Å². The summed E-state index contributed by atoms with van der Waals surface area (Å²) in [5, 5.41) is 1.35. The number of halogens is 4. The van der Waals surface area contributed by atoms with E-state index in [0.29, 0.717) is 54.6 Å². The zero-order valence-electron chi connectivity index (χ0n) is 22.9. The number of hydrogen-bond acceptors (Lipinski definition) is 2. The number of unbranched alkanes of at least 4 members (excludes halogenated alkanes) is 4. The molecular formula is C34H36F4O2. The van der Waals surface area contributed by atoms with Crippen LogP contribution in [0, 0.1) is 11.6 Å². The summed E-state index contributed by atoms with van der Waals surface area (Å²) in [5.74, 6) is 0.139. The molecule has 0 saturated heterocycles. The van der Waals surface area contributed by atoms with Gasteiger partial charge in [-0.2, -0.15) is 8.78 Å². The summed E-state index contributed by atoms with van der Waals surface area (Å²) in [6.45, 7) is -0.0758. The first kappa shape index (κ1) is 29.4. The van der Waals surface area contributed by atoms with Crippen LogP contribution in [-0.4, -0.2) is 13.2 Å². The van der Waals surface area contributed by atoms with Crippen LogP contribution in [-0.2, 0) is 25.7 Å². The molecular weight excluding hydrogens is 516 g/mol. The Morgan fingerprint density at radius 1 is 0.650 bits per heavy atom. The van der Waals surface area contributed by atoms with Gasteiger partial charge < -0.3 is 9.47 Å². The van der Waals surface area contributed by atoms with Crippen LogP contribution < -0.4 is 9.47 Å². The van der Waals surface area contributed by atoms with Crippen molar-refractivity contribution < 1.29 is 27.0 Å². The van der Waals surface area contributed by atoms with Gasteiger partial charge in [0, 0.05) is 11.5 Å². The lowest BCUT2D eigenvalue weighted by molar-refractivity contribution is -0.0498. The van der Waals surface area contributed by atoms with Crippen LogP contribution in [0.25, 0.3) is 10.8 Å². The number of hydrogen-bond donors (Lipinski definition) is 0. The van der Waals surface area contributed by atoms with E-state index >= 15 is 4.39 Å². The summed E-state index contributed by atoms with van der Waals surface area (Å²) < 4.78 is 64.7. The third-order valence-corrected chi connectivity index (χ3v) is 7.15. The van der Waals surface area contributed by atoms with Crippen molar-refractivity contribution in [3.8, 4) is 11.5 Å². The van der Waals surface area contributed by atoms with Crippen LogP contribution in [0.5, 0.6) is 11.5 Å². The van der Waals surface area contributed by atoms with Gasteiger partial charge in [-0.15, -0.1) is 0 Å². The van der Waals surface area contributed by atoms with E-state index in [1.807, 2.05) is 24.3 Å². The van der Waals surface area contributed by atoms with E-state index in [2.05, 4.69) is 11.7 Å². The Labute approximate surface area is 233 Å². The van der Waals surface area contributed by atoms with Crippen LogP contribution in [0.15, 0.2) is 72.8 Å². The highest BCUT2D eigenvalue weighted by Gasteiger charge is 2.11. The highest BCUT2D eigenvalue weighted by molar-refractivity contribution is 5.84. The van der Waals surface area contributed by atoms with Crippen molar-refractivity contribution >= 4 is 10.8 Å². The van der Waals surface area contributed by atoms with Crippen LogP contribution in [0.1, 0.15) is 61.3 Å². The van der Waals surface area contributed by atoms with Gasteiger partial charge in [0.2, 0.25) is 0 Å². The summed E-state index contributed by atoms with van der Waals surface area (Å²) in [4.78, 5) is 0. The van der Waals surface area contributed by atoms with Crippen LogP contribution in [0.3, 0.4) is 0 Å². The second-order valence-electron chi connectivity index (χ2n) is 10.1. The Morgan fingerprint density at radius 3 is 2.08 bits per heavy atom. The van der Waals surface area contributed by atoms with E-state index in [9.17, 15) is 13.2 Å². The van der Waals surface area contributed by atoms with Crippen molar-refractivity contribution in [3.63, 3.8) is 0 Å². The lowest BCUT2D eigenvalue weighted by Gasteiger charge is -2.11. The van der Waals surface area contributed by atoms with Crippen molar-refractivity contribution in [2.24, 2.45) is 0 Å². The fourth-order valence-corrected chi connectivity index (χ4v) is 4.85. The van der Waals surface area contributed by atoms with E-state index in [1.165, 1.54) is 37.5 Å².